The first-order valence-electron chi connectivity index (χ1n) is 12.4. The van der Waals surface area contributed by atoms with Gasteiger partial charge in [0.15, 0.2) is 0 Å². The molecule has 4 aromatic rings. The molecule has 3 aromatic carbocycles. The van der Waals surface area contributed by atoms with Crippen molar-refractivity contribution in [2.75, 3.05) is 25.1 Å². The zero-order valence-electron chi connectivity index (χ0n) is 22.0. The molecular formula is C31H32N4O3S. The maximum atomic E-state index is 13.7. The van der Waals surface area contributed by atoms with Crippen molar-refractivity contribution >= 4 is 33.4 Å². The highest BCUT2D eigenvalue weighted by Gasteiger charge is 2.28. The average molecular weight is 541 g/mol. The molecule has 1 amide bonds. The van der Waals surface area contributed by atoms with E-state index in [-0.39, 0.29) is 5.91 Å². The summed E-state index contributed by atoms with van der Waals surface area (Å²) in [5.74, 6) is -0.376. The van der Waals surface area contributed by atoms with Gasteiger partial charge in [0.2, 0.25) is 15.9 Å². The van der Waals surface area contributed by atoms with Crippen molar-refractivity contribution in [2.24, 2.45) is 0 Å². The maximum absolute atomic E-state index is 13.7. The summed E-state index contributed by atoms with van der Waals surface area (Å²) in [7, 11) is 0.0126. The van der Waals surface area contributed by atoms with Gasteiger partial charge in [0.25, 0.3) is 0 Å². The lowest BCUT2D eigenvalue weighted by atomic mass is 9.97. The van der Waals surface area contributed by atoms with Crippen molar-refractivity contribution in [3.8, 4) is 11.1 Å². The van der Waals surface area contributed by atoms with Crippen molar-refractivity contribution in [2.45, 2.75) is 11.8 Å². The van der Waals surface area contributed by atoms with Gasteiger partial charge in [-0.1, -0.05) is 60.7 Å². The molecule has 1 aromatic heterocycles. The number of anilines is 2. The fraction of sp³-hybridized carbons (Fsp3) is 0.129. The molecular weight excluding hydrogens is 508 g/mol. The highest BCUT2D eigenvalue weighted by Crippen LogP contribution is 2.32. The van der Waals surface area contributed by atoms with Crippen LogP contribution in [0.15, 0.2) is 110 Å². The van der Waals surface area contributed by atoms with E-state index in [1.165, 1.54) is 28.5 Å². The summed E-state index contributed by atoms with van der Waals surface area (Å²) >= 11 is 0. The molecule has 0 radical (unpaired) electrons. The van der Waals surface area contributed by atoms with Gasteiger partial charge in [-0.15, -0.1) is 6.58 Å². The number of para-hydroxylation sites is 2. The predicted molar refractivity (Wildman–Crippen MR) is 159 cm³/mol. The van der Waals surface area contributed by atoms with Gasteiger partial charge in [-0.05, 0) is 72.3 Å². The molecule has 0 bridgehead atoms. The van der Waals surface area contributed by atoms with Crippen molar-refractivity contribution in [1.82, 2.24) is 8.87 Å². The second-order valence-electron chi connectivity index (χ2n) is 9.40. The van der Waals surface area contributed by atoms with Crippen LogP contribution in [-0.4, -0.2) is 37.3 Å². The van der Waals surface area contributed by atoms with Crippen LogP contribution in [0.5, 0.6) is 0 Å². The minimum Gasteiger partial charge on any atom is -0.397 e. The van der Waals surface area contributed by atoms with Crippen molar-refractivity contribution < 1.29 is 13.2 Å². The Labute approximate surface area is 229 Å². The van der Waals surface area contributed by atoms with Gasteiger partial charge in [0.1, 0.15) is 5.25 Å². The molecule has 1 atom stereocenters. The number of nitrogens with zero attached hydrogens (tertiary/aromatic N) is 2. The normalized spacial score (nSPS) is 12.5. The first kappa shape index (κ1) is 27.6. The molecule has 4 rings (SSSR count). The van der Waals surface area contributed by atoms with Gasteiger partial charge in [-0.3, -0.25) is 8.77 Å². The summed E-state index contributed by atoms with van der Waals surface area (Å²) in [6.07, 6.45) is 7.30. The lowest BCUT2D eigenvalue weighted by molar-refractivity contribution is -0.111. The van der Waals surface area contributed by atoms with Gasteiger partial charge in [-0.25, -0.2) is 8.42 Å². The van der Waals surface area contributed by atoms with E-state index in [1.54, 1.807) is 36.4 Å². The minimum absolute atomic E-state index is 0.376. The summed E-state index contributed by atoms with van der Waals surface area (Å²) in [4.78, 5) is 14.3. The zero-order valence-corrected chi connectivity index (χ0v) is 22.8. The Morgan fingerprint density at radius 1 is 1.03 bits per heavy atom. The van der Waals surface area contributed by atoms with E-state index < -0.39 is 15.3 Å². The number of rotatable bonds is 10. The van der Waals surface area contributed by atoms with E-state index in [4.69, 9.17) is 5.73 Å². The number of carbonyl (C=O) groups excluding carboxylic acids is 1. The molecule has 39 heavy (non-hydrogen) atoms. The van der Waals surface area contributed by atoms with Crippen LogP contribution in [0.2, 0.25) is 0 Å². The largest absolute Gasteiger partial charge is 0.397 e. The molecule has 0 saturated heterocycles. The molecule has 8 heteroatoms. The molecule has 0 saturated carbocycles. The van der Waals surface area contributed by atoms with E-state index >= 15 is 0 Å². The van der Waals surface area contributed by atoms with Crippen LogP contribution in [0.1, 0.15) is 21.9 Å². The van der Waals surface area contributed by atoms with Gasteiger partial charge in [0, 0.05) is 25.0 Å². The Bertz CT molecular complexity index is 1610. The first-order chi connectivity index (χ1) is 18.7. The van der Waals surface area contributed by atoms with Crippen LogP contribution in [0, 0.1) is 0 Å². The standard InChI is InChI=1S/C31H32N4O3S/c1-4-30(27-16-15-25(20-26(27)22-34(2)3)24-10-6-5-7-11-24)39(37,38)35-19-18-23(21-35)14-17-31(36)33-29-13-9-8-12-28(29)32/h4-21,30H,1,22,32H2,2-3H3,(H,33,36)/b17-14+. The second-order valence-corrected chi connectivity index (χ2v) is 11.4. The lowest BCUT2D eigenvalue weighted by Crippen LogP contribution is -2.21. The van der Waals surface area contributed by atoms with Crippen LogP contribution in [0.3, 0.4) is 0 Å². The molecule has 1 unspecified atom stereocenters. The first-order valence-corrected chi connectivity index (χ1v) is 13.9. The van der Waals surface area contributed by atoms with Crippen molar-refractivity contribution in [3.05, 3.63) is 127 Å². The second kappa shape index (κ2) is 12.0. The zero-order chi connectivity index (χ0) is 28.0. The molecule has 1 heterocycles. The van der Waals surface area contributed by atoms with Crippen LogP contribution in [0.4, 0.5) is 11.4 Å². The summed E-state index contributed by atoms with van der Waals surface area (Å²) < 4.78 is 28.7. The molecule has 0 aliphatic carbocycles. The number of nitrogen functional groups attached to an aromatic ring is 1. The predicted octanol–water partition coefficient (Wildman–Crippen LogP) is 5.56. The number of amides is 1. The van der Waals surface area contributed by atoms with E-state index in [0.29, 0.717) is 29.0 Å². The molecule has 200 valence electrons. The fourth-order valence-corrected chi connectivity index (χ4v) is 5.87. The van der Waals surface area contributed by atoms with Crippen LogP contribution >= 0.6 is 0 Å². The number of benzene rings is 3. The summed E-state index contributed by atoms with van der Waals surface area (Å²) in [6, 6.07) is 24.4. The quantitative estimate of drug-likeness (QED) is 0.156. The fourth-order valence-electron chi connectivity index (χ4n) is 4.32. The minimum atomic E-state index is -3.88. The summed E-state index contributed by atoms with van der Waals surface area (Å²) in [5, 5.41) is 1.74. The third kappa shape index (κ3) is 6.54. The Kier molecular flexibility index (Phi) is 8.49. The maximum Gasteiger partial charge on any atom is 0.249 e. The van der Waals surface area contributed by atoms with E-state index in [9.17, 15) is 13.2 Å². The number of hydrogen-bond donors (Lipinski definition) is 2. The third-order valence-corrected chi connectivity index (χ3v) is 8.11. The van der Waals surface area contributed by atoms with Gasteiger partial charge >= 0.3 is 0 Å². The third-order valence-electron chi connectivity index (χ3n) is 6.21. The Balaban J connectivity index is 1.60. The number of aromatic nitrogens is 1. The van der Waals surface area contributed by atoms with Gasteiger partial charge in [-0.2, -0.15) is 0 Å². The Morgan fingerprint density at radius 2 is 1.74 bits per heavy atom. The Hall–Kier alpha value is -4.40. The van der Waals surface area contributed by atoms with Crippen LogP contribution < -0.4 is 11.1 Å². The molecule has 7 nitrogen and oxygen atoms in total. The monoisotopic (exact) mass is 540 g/mol. The number of nitrogens with two attached hydrogens (primary N) is 1. The number of hydrogen-bond acceptors (Lipinski definition) is 5. The topological polar surface area (TPSA) is 97.4 Å². The van der Waals surface area contributed by atoms with Gasteiger partial charge in [0.05, 0.1) is 11.4 Å². The Morgan fingerprint density at radius 3 is 2.44 bits per heavy atom. The highest BCUT2D eigenvalue weighted by atomic mass is 32.2. The van der Waals surface area contributed by atoms with E-state index in [0.717, 1.165) is 16.7 Å². The van der Waals surface area contributed by atoms with Crippen LogP contribution in [-0.2, 0) is 21.4 Å². The summed E-state index contributed by atoms with van der Waals surface area (Å²) in [5.41, 5.74) is 11.0. The van der Waals surface area contributed by atoms with Gasteiger partial charge < -0.3 is 16.0 Å². The van der Waals surface area contributed by atoms with Crippen LogP contribution in [0.25, 0.3) is 17.2 Å². The average Bonchev–Trinajstić information content (AvgIpc) is 3.40. The lowest BCUT2D eigenvalue weighted by Gasteiger charge is -2.21. The van der Waals surface area contributed by atoms with Crippen molar-refractivity contribution in [3.63, 3.8) is 0 Å². The summed E-state index contributed by atoms with van der Waals surface area (Å²) in [6.45, 7) is 4.43. The smallest absolute Gasteiger partial charge is 0.249 e. The molecule has 0 spiro atoms. The number of nitrogens with one attached hydrogen (secondary N) is 1. The molecule has 3 N–H and O–H groups in total. The van der Waals surface area contributed by atoms with E-state index in [1.807, 2.05) is 67.5 Å². The molecule has 0 aliphatic heterocycles. The number of carbonyl (C=O) groups is 1. The molecule has 0 aliphatic rings. The highest BCUT2D eigenvalue weighted by molar-refractivity contribution is 7.90. The van der Waals surface area contributed by atoms with E-state index in [2.05, 4.69) is 11.9 Å². The van der Waals surface area contributed by atoms with Crippen molar-refractivity contribution in [1.29, 1.82) is 0 Å². The molecule has 0 fully saturated rings. The SMILES string of the molecule is C=CC(c1ccc(-c2ccccc2)cc1CN(C)C)S(=O)(=O)n1ccc(/C=C/C(=O)Nc2ccccc2N)c1.